The van der Waals surface area contributed by atoms with Gasteiger partial charge in [-0.15, -0.1) is 0 Å². The molecule has 1 fully saturated rings. The molecule has 5 nitrogen and oxygen atoms in total. The van der Waals surface area contributed by atoms with Gasteiger partial charge in [0.2, 0.25) is 11.8 Å². The Hall–Kier alpha value is -2.69. The summed E-state index contributed by atoms with van der Waals surface area (Å²) in [5, 5.41) is 6.21. The second-order valence-electron chi connectivity index (χ2n) is 7.77. The smallest absolute Gasteiger partial charge is 0.227 e. The van der Waals surface area contributed by atoms with Crippen LogP contribution in [0.2, 0.25) is 0 Å². The topological polar surface area (TPSA) is 71.1 Å². The maximum Gasteiger partial charge on any atom is 0.227 e. The fourth-order valence-corrected chi connectivity index (χ4v) is 4.08. The number of rotatable bonds is 7. The largest absolute Gasteiger partial charge is 0.352 e. The van der Waals surface area contributed by atoms with Crippen LogP contribution >= 0.6 is 0 Å². The van der Waals surface area contributed by atoms with Crippen LogP contribution in [0, 0.1) is 11.8 Å². The third-order valence-electron chi connectivity index (χ3n) is 5.93. The molecule has 0 aliphatic heterocycles. The number of nitrogens with zero attached hydrogens (tertiary/aromatic N) is 1. The second kappa shape index (κ2) is 10.2. The molecule has 3 rings (SSSR count). The summed E-state index contributed by atoms with van der Waals surface area (Å²) in [6, 6.07) is 10.0. The third-order valence-corrected chi connectivity index (χ3v) is 5.93. The lowest BCUT2D eigenvalue weighted by molar-refractivity contribution is -0.128. The predicted octanol–water partition coefficient (Wildman–Crippen LogP) is 4.27. The van der Waals surface area contributed by atoms with E-state index in [1.54, 1.807) is 12.4 Å². The number of carbonyl (C=O) groups is 2. The van der Waals surface area contributed by atoms with Crippen LogP contribution in [0.1, 0.15) is 56.2 Å². The van der Waals surface area contributed by atoms with Gasteiger partial charge in [-0.05, 0) is 67.3 Å². The van der Waals surface area contributed by atoms with Gasteiger partial charge >= 0.3 is 0 Å². The monoisotopic (exact) mass is 393 g/mol. The average Bonchev–Trinajstić information content (AvgIpc) is 2.78. The summed E-state index contributed by atoms with van der Waals surface area (Å²) in [5.74, 6) is 0.158. The van der Waals surface area contributed by atoms with Gasteiger partial charge in [-0.2, -0.15) is 0 Å². The molecule has 5 heteroatoms. The Morgan fingerprint density at radius 2 is 1.45 bits per heavy atom. The lowest BCUT2D eigenvalue weighted by atomic mass is 9.81. The molecule has 1 aromatic carbocycles. The van der Waals surface area contributed by atoms with Gasteiger partial charge in [0, 0.05) is 36.5 Å². The number of nitrogens with one attached hydrogen (secondary N) is 2. The molecule has 29 heavy (non-hydrogen) atoms. The standard InChI is InChI=1S/C24H31N3O2/c1-3-18-6-5-7-19(4-2)22(18)27-24(29)21-10-8-20(9-11-21)23(28)26-16-17-12-14-25-15-13-17/h5-7,12-15,20-21H,3-4,8-11,16H2,1-2H3,(H,26,28)(H,27,29). The summed E-state index contributed by atoms with van der Waals surface area (Å²) in [4.78, 5) is 29.3. The van der Waals surface area contributed by atoms with E-state index >= 15 is 0 Å². The van der Waals surface area contributed by atoms with Crippen LogP contribution in [0.4, 0.5) is 5.69 Å². The van der Waals surface area contributed by atoms with Crippen molar-refractivity contribution >= 4 is 17.5 Å². The predicted molar refractivity (Wildman–Crippen MR) is 115 cm³/mol. The number of benzene rings is 1. The number of carbonyl (C=O) groups excluding carboxylic acids is 2. The molecule has 0 saturated heterocycles. The lowest BCUT2D eigenvalue weighted by Gasteiger charge is -2.27. The maximum atomic E-state index is 12.9. The van der Waals surface area contributed by atoms with Gasteiger partial charge in [0.05, 0.1) is 0 Å². The summed E-state index contributed by atoms with van der Waals surface area (Å²) < 4.78 is 0. The number of anilines is 1. The summed E-state index contributed by atoms with van der Waals surface area (Å²) in [7, 11) is 0. The number of aromatic nitrogens is 1. The van der Waals surface area contributed by atoms with Gasteiger partial charge in [0.1, 0.15) is 0 Å². The van der Waals surface area contributed by atoms with Crippen molar-refractivity contribution in [2.75, 3.05) is 5.32 Å². The minimum absolute atomic E-state index is 0.00461. The fraction of sp³-hybridized carbons (Fsp3) is 0.458. The molecule has 154 valence electrons. The Morgan fingerprint density at radius 1 is 0.897 bits per heavy atom. The van der Waals surface area contributed by atoms with Crippen molar-refractivity contribution in [3.8, 4) is 0 Å². The molecule has 2 aromatic rings. The number of aryl methyl sites for hydroxylation is 2. The molecule has 1 saturated carbocycles. The zero-order chi connectivity index (χ0) is 20.6. The Labute approximate surface area is 173 Å². The molecule has 2 amide bonds. The normalized spacial score (nSPS) is 18.8. The molecule has 0 radical (unpaired) electrons. The highest BCUT2D eigenvalue weighted by molar-refractivity contribution is 5.94. The Kier molecular flexibility index (Phi) is 7.39. The average molecular weight is 394 g/mol. The van der Waals surface area contributed by atoms with Crippen LogP contribution in [0.15, 0.2) is 42.7 Å². The Bertz CT molecular complexity index is 805. The van der Waals surface area contributed by atoms with Crippen LogP contribution in [0.5, 0.6) is 0 Å². The molecule has 2 N–H and O–H groups in total. The highest BCUT2D eigenvalue weighted by Crippen LogP contribution is 2.31. The van der Waals surface area contributed by atoms with Crippen LogP contribution < -0.4 is 10.6 Å². The number of amides is 2. The number of para-hydroxylation sites is 1. The SMILES string of the molecule is CCc1cccc(CC)c1NC(=O)C1CCC(C(=O)NCc2ccncc2)CC1. The Balaban J connectivity index is 1.51. The van der Waals surface area contributed by atoms with Gasteiger partial charge in [-0.3, -0.25) is 14.6 Å². The van der Waals surface area contributed by atoms with E-state index in [4.69, 9.17) is 0 Å². The van der Waals surface area contributed by atoms with E-state index in [-0.39, 0.29) is 23.7 Å². The molecular weight excluding hydrogens is 362 g/mol. The summed E-state index contributed by atoms with van der Waals surface area (Å²) >= 11 is 0. The third kappa shape index (κ3) is 5.43. The fourth-order valence-electron chi connectivity index (χ4n) is 4.08. The first-order valence-electron chi connectivity index (χ1n) is 10.7. The summed E-state index contributed by atoms with van der Waals surface area (Å²) in [6.45, 7) is 4.75. The van der Waals surface area contributed by atoms with Crippen molar-refractivity contribution in [1.82, 2.24) is 10.3 Å². The molecule has 0 unspecified atom stereocenters. The second-order valence-corrected chi connectivity index (χ2v) is 7.77. The van der Waals surface area contributed by atoms with E-state index in [0.29, 0.717) is 6.54 Å². The van der Waals surface area contributed by atoms with E-state index < -0.39 is 0 Å². The molecule has 1 aliphatic carbocycles. The molecule has 1 aromatic heterocycles. The van der Waals surface area contributed by atoms with Crippen LogP contribution in [-0.4, -0.2) is 16.8 Å². The van der Waals surface area contributed by atoms with E-state index in [1.807, 2.05) is 12.1 Å². The highest BCUT2D eigenvalue weighted by atomic mass is 16.2. The summed E-state index contributed by atoms with van der Waals surface area (Å²) in [6.07, 6.45) is 8.29. The van der Waals surface area contributed by atoms with Crippen LogP contribution in [-0.2, 0) is 29.0 Å². The van der Waals surface area contributed by atoms with Gasteiger partial charge in [-0.1, -0.05) is 32.0 Å². The van der Waals surface area contributed by atoms with Gasteiger partial charge in [0.25, 0.3) is 0 Å². The van der Waals surface area contributed by atoms with Crippen molar-refractivity contribution in [1.29, 1.82) is 0 Å². The minimum Gasteiger partial charge on any atom is -0.352 e. The summed E-state index contributed by atoms with van der Waals surface area (Å²) in [5.41, 5.74) is 4.39. The first kappa shape index (κ1) is 21.0. The number of hydrogen-bond donors (Lipinski definition) is 2. The van der Waals surface area contributed by atoms with Crippen molar-refractivity contribution in [3.63, 3.8) is 0 Å². The first-order valence-corrected chi connectivity index (χ1v) is 10.7. The van der Waals surface area contributed by atoms with Crippen molar-refractivity contribution < 1.29 is 9.59 Å². The van der Waals surface area contributed by atoms with Gasteiger partial charge in [0.15, 0.2) is 0 Å². The highest BCUT2D eigenvalue weighted by Gasteiger charge is 2.30. The minimum atomic E-state index is -0.0196. The number of pyridine rings is 1. The van der Waals surface area contributed by atoms with Crippen LogP contribution in [0.3, 0.4) is 0 Å². The van der Waals surface area contributed by atoms with Crippen molar-refractivity contribution in [2.24, 2.45) is 11.8 Å². The van der Waals surface area contributed by atoms with E-state index in [2.05, 4.69) is 47.7 Å². The zero-order valence-electron chi connectivity index (χ0n) is 17.4. The molecule has 0 spiro atoms. The molecule has 1 heterocycles. The van der Waals surface area contributed by atoms with E-state index in [1.165, 1.54) is 11.1 Å². The van der Waals surface area contributed by atoms with Gasteiger partial charge in [-0.25, -0.2) is 0 Å². The molecule has 0 bridgehead atoms. The number of hydrogen-bond acceptors (Lipinski definition) is 3. The Morgan fingerprint density at radius 3 is 2.00 bits per heavy atom. The lowest BCUT2D eigenvalue weighted by Crippen LogP contribution is -2.35. The zero-order valence-corrected chi connectivity index (χ0v) is 17.4. The van der Waals surface area contributed by atoms with E-state index in [9.17, 15) is 9.59 Å². The van der Waals surface area contributed by atoms with Crippen LogP contribution in [0.25, 0.3) is 0 Å². The molecule has 0 atom stereocenters. The molecular formula is C24H31N3O2. The van der Waals surface area contributed by atoms with Crippen molar-refractivity contribution in [3.05, 3.63) is 59.4 Å². The molecule has 1 aliphatic rings. The van der Waals surface area contributed by atoms with Gasteiger partial charge < -0.3 is 10.6 Å². The van der Waals surface area contributed by atoms with E-state index in [0.717, 1.165) is 49.8 Å². The van der Waals surface area contributed by atoms with Crippen molar-refractivity contribution in [2.45, 2.75) is 58.9 Å². The first-order chi connectivity index (χ1) is 14.1. The quantitative estimate of drug-likeness (QED) is 0.738. The maximum absolute atomic E-state index is 12.9.